The third kappa shape index (κ3) is 5.95. The number of para-hydroxylation sites is 1. The summed E-state index contributed by atoms with van der Waals surface area (Å²) in [6.07, 6.45) is 1.02. The van der Waals surface area contributed by atoms with E-state index in [0.717, 1.165) is 17.8 Å². The van der Waals surface area contributed by atoms with Gasteiger partial charge in [-0.1, -0.05) is 44.2 Å². The standard InChI is InChI=1S/C23H24N2O5S2/c1-3-16(2)17-10-12-18(13-11-17)24-21(26)15-30-23(27)19-7-4-5-8-20(19)25-32(28,29)22-9-6-14-31-22/h4-14,16,25H,3,15H2,1-2H3,(H,24,26). The second-order valence-electron chi connectivity index (χ2n) is 7.14. The van der Waals surface area contributed by atoms with E-state index in [1.165, 1.54) is 23.8 Å². The van der Waals surface area contributed by atoms with Gasteiger partial charge in [-0.3, -0.25) is 9.52 Å². The summed E-state index contributed by atoms with van der Waals surface area (Å²) in [5.41, 5.74) is 1.87. The molecule has 1 unspecified atom stereocenters. The molecule has 0 aliphatic rings. The van der Waals surface area contributed by atoms with E-state index in [0.29, 0.717) is 11.6 Å². The van der Waals surface area contributed by atoms with E-state index < -0.39 is 28.5 Å². The zero-order valence-electron chi connectivity index (χ0n) is 17.7. The van der Waals surface area contributed by atoms with Crippen LogP contribution in [0.1, 0.15) is 42.1 Å². The number of nitrogens with one attached hydrogen (secondary N) is 2. The Morgan fingerprint density at radius 1 is 1.03 bits per heavy atom. The van der Waals surface area contributed by atoms with Crippen LogP contribution in [0.25, 0.3) is 0 Å². The molecule has 9 heteroatoms. The molecule has 2 N–H and O–H groups in total. The molecule has 3 rings (SSSR count). The SMILES string of the molecule is CCC(C)c1ccc(NC(=O)COC(=O)c2ccccc2NS(=O)(=O)c2cccs2)cc1. The molecule has 0 saturated heterocycles. The van der Waals surface area contributed by atoms with Gasteiger partial charge in [0.15, 0.2) is 6.61 Å². The third-order valence-electron chi connectivity index (χ3n) is 4.86. The number of thiophene rings is 1. The van der Waals surface area contributed by atoms with Crippen LogP contribution in [-0.2, 0) is 19.6 Å². The highest BCUT2D eigenvalue weighted by atomic mass is 32.2. The first-order valence-corrected chi connectivity index (χ1v) is 12.4. The number of esters is 1. The molecule has 3 aromatic rings. The smallest absolute Gasteiger partial charge is 0.340 e. The number of hydrogen-bond acceptors (Lipinski definition) is 6. The van der Waals surface area contributed by atoms with Crippen molar-refractivity contribution in [3.05, 3.63) is 77.2 Å². The number of carbonyl (C=O) groups is 2. The van der Waals surface area contributed by atoms with Crippen molar-refractivity contribution in [1.29, 1.82) is 0 Å². The molecule has 1 heterocycles. The molecule has 2 aromatic carbocycles. The molecule has 0 aliphatic carbocycles. The molecule has 0 saturated carbocycles. The van der Waals surface area contributed by atoms with Crippen LogP contribution in [0.4, 0.5) is 11.4 Å². The monoisotopic (exact) mass is 472 g/mol. The van der Waals surface area contributed by atoms with Gasteiger partial charge in [0.2, 0.25) is 0 Å². The zero-order valence-corrected chi connectivity index (χ0v) is 19.3. The Kier molecular flexibility index (Phi) is 7.66. The van der Waals surface area contributed by atoms with Crippen LogP contribution in [0.5, 0.6) is 0 Å². The number of sulfonamides is 1. The fourth-order valence-electron chi connectivity index (χ4n) is 2.90. The van der Waals surface area contributed by atoms with E-state index in [4.69, 9.17) is 4.74 Å². The Bertz CT molecular complexity index is 1170. The van der Waals surface area contributed by atoms with Gasteiger partial charge in [-0.25, -0.2) is 13.2 Å². The summed E-state index contributed by atoms with van der Waals surface area (Å²) in [6, 6.07) is 16.7. The van der Waals surface area contributed by atoms with Crippen LogP contribution in [0.3, 0.4) is 0 Å². The molecule has 168 valence electrons. The fraction of sp³-hybridized carbons (Fsp3) is 0.217. The molecular weight excluding hydrogens is 448 g/mol. The quantitative estimate of drug-likeness (QED) is 0.433. The van der Waals surface area contributed by atoms with Crippen molar-refractivity contribution in [2.45, 2.75) is 30.4 Å². The highest BCUT2D eigenvalue weighted by Crippen LogP contribution is 2.24. The topological polar surface area (TPSA) is 102 Å². The van der Waals surface area contributed by atoms with Crippen LogP contribution in [0.15, 0.2) is 70.3 Å². The van der Waals surface area contributed by atoms with Gasteiger partial charge in [0.05, 0.1) is 11.3 Å². The number of ether oxygens (including phenoxy) is 1. The first-order valence-electron chi connectivity index (χ1n) is 10.0. The summed E-state index contributed by atoms with van der Waals surface area (Å²) in [7, 11) is -3.83. The van der Waals surface area contributed by atoms with Crippen LogP contribution in [0, 0.1) is 0 Å². The lowest BCUT2D eigenvalue weighted by Crippen LogP contribution is -2.22. The molecule has 0 aliphatic heterocycles. The summed E-state index contributed by atoms with van der Waals surface area (Å²) >= 11 is 1.06. The molecular formula is C23H24N2O5S2. The zero-order chi connectivity index (χ0) is 23.1. The third-order valence-corrected chi connectivity index (χ3v) is 7.62. The van der Waals surface area contributed by atoms with Crippen molar-refractivity contribution in [3.63, 3.8) is 0 Å². The van der Waals surface area contributed by atoms with E-state index in [9.17, 15) is 18.0 Å². The highest BCUT2D eigenvalue weighted by Gasteiger charge is 2.20. The Balaban J connectivity index is 1.61. The first kappa shape index (κ1) is 23.5. The maximum Gasteiger partial charge on any atom is 0.340 e. The van der Waals surface area contributed by atoms with Crippen molar-refractivity contribution in [2.75, 3.05) is 16.6 Å². The summed E-state index contributed by atoms with van der Waals surface area (Å²) in [5.74, 6) is -0.874. The maximum absolute atomic E-state index is 12.5. The summed E-state index contributed by atoms with van der Waals surface area (Å²) in [6.45, 7) is 3.74. The van der Waals surface area contributed by atoms with Crippen LogP contribution >= 0.6 is 11.3 Å². The normalized spacial score (nSPS) is 12.1. The van der Waals surface area contributed by atoms with Gasteiger partial charge < -0.3 is 10.1 Å². The number of hydrogen-bond donors (Lipinski definition) is 2. The first-order chi connectivity index (χ1) is 15.3. The van der Waals surface area contributed by atoms with Gasteiger partial charge in [0.1, 0.15) is 4.21 Å². The number of amides is 1. The molecule has 7 nitrogen and oxygen atoms in total. The van der Waals surface area contributed by atoms with Gasteiger partial charge >= 0.3 is 5.97 Å². The second-order valence-corrected chi connectivity index (χ2v) is 10.00. The van der Waals surface area contributed by atoms with Gasteiger partial charge in [0, 0.05) is 5.69 Å². The van der Waals surface area contributed by atoms with Gasteiger partial charge in [-0.05, 0) is 53.6 Å². The Hall–Kier alpha value is -3.17. The predicted molar refractivity (Wildman–Crippen MR) is 126 cm³/mol. The van der Waals surface area contributed by atoms with Gasteiger partial charge in [-0.15, -0.1) is 11.3 Å². The molecule has 1 atom stereocenters. The minimum atomic E-state index is -3.83. The van der Waals surface area contributed by atoms with E-state index in [2.05, 4.69) is 23.9 Å². The minimum Gasteiger partial charge on any atom is -0.452 e. The lowest BCUT2D eigenvalue weighted by Gasteiger charge is -2.12. The predicted octanol–water partition coefficient (Wildman–Crippen LogP) is 4.86. The Morgan fingerprint density at radius 3 is 2.41 bits per heavy atom. The van der Waals surface area contributed by atoms with E-state index in [1.807, 2.05) is 12.1 Å². The number of benzene rings is 2. The van der Waals surface area contributed by atoms with E-state index >= 15 is 0 Å². The molecule has 0 fully saturated rings. The number of anilines is 2. The minimum absolute atomic E-state index is 0.0123. The summed E-state index contributed by atoms with van der Waals surface area (Å²) < 4.78 is 32.6. The molecule has 0 bridgehead atoms. The summed E-state index contributed by atoms with van der Waals surface area (Å²) in [5, 5.41) is 4.32. The highest BCUT2D eigenvalue weighted by molar-refractivity contribution is 7.94. The fourth-order valence-corrected chi connectivity index (χ4v) is 4.97. The van der Waals surface area contributed by atoms with Crippen LogP contribution in [-0.4, -0.2) is 26.9 Å². The number of carbonyl (C=O) groups excluding carboxylic acids is 2. The Labute approximate surface area is 191 Å². The van der Waals surface area contributed by atoms with E-state index in [-0.39, 0.29) is 15.5 Å². The van der Waals surface area contributed by atoms with Crippen molar-refractivity contribution in [1.82, 2.24) is 0 Å². The second kappa shape index (κ2) is 10.4. The van der Waals surface area contributed by atoms with Gasteiger partial charge in [-0.2, -0.15) is 0 Å². The summed E-state index contributed by atoms with van der Waals surface area (Å²) in [4.78, 5) is 24.7. The molecule has 1 aromatic heterocycles. The Morgan fingerprint density at radius 2 is 1.75 bits per heavy atom. The molecule has 0 radical (unpaired) electrons. The van der Waals surface area contributed by atoms with Gasteiger partial charge in [0.25, 0.3) is 15.9 Å². The number of rotatable bonds is 9. The molecule has 0 spiro atoms. The van der Waals surface area contributed by atoms with Crippen molar-refractivity contribution in [3.8, 4) is 0 Å². The van der Waals surface area contributed by atoms with Crippen molar-refractivity contribution < 1.29 is 22.7 Å². The average molecular weight is 473 g/mol. The van der Waals surface area contributed by atoms with Crippen molar-refractivity contribution >= 4 is 44.6 Å². The molecule has 32 heavy (non-hydrogen) atoms. The van der Waals surface area contributed by atoms with Crippen LogP contribution in [0.2, 0.25) is 0 Å². The largest absolute Gasteiger partial charge is 0.452 e. The lowest BCUT2D eigenvalue weighted by atomic mass is 9.99. The maximum atomic E-state index is 12.5. The average Bonchev–Trinajstić information content (AvgIpc) is 3.34. The van der Waals surface area contributed by atoms with Crippen molar-refractivity contribution in [2.24, 2.45) is 0 Å². The molecule has 1 amide bonds. The lowest BCUT2D eigenvalue weighted by molar-refractivity contribution is -0.119. The van der Waals surface area contributed by atoms with Crippen LogP contribution < -0.4 is 10.0 Å². The van der Waals surface area contributed by atoms with E-state index in [1.54, 1.807) is 35.7 Å².